The molecule has 110 valence electrons. The minimum atomic E-state index is -3.96. The van der Waals surface area contributed by atoms with Crippen molar-refractivity contribution in [2.24, 2.45) is 11.1 Å². The molecular formula is C11H15N3O5S. The van der Waals surface area contributed by atoms with Crippen LogP contribution >= 0.6 is 0 Å². The summed E-state index contributed by atoms with van der Waals surface area (Å²) in [7, 11) is -3.96. The van der Waals surface area contributed by atoms with Crippen LogP contribution in [0.1, 0.15) is 6.42 Å². The zero-order valence-electron chi connectivity index (χ0n) is 10.6. The molecule has 1 aromatic rings. The molecule has 0 aliphatic carbocycles. The summed E-state index contributed by atoms with van der Waals surface area (Å²) in [5.41, 5.74) is -0.0373. The number of primary sulfonamides is 1. The Morgan fingerprint density at radius 1 is 1.50 bits per heavy atom. The number of sulfonamides is 1. The van der Waals surface area contributed by atoms with Gasteiger partial charge in [-0.3, -0.25) is 10.1 Å². The maximum absolute atomic E-state index is 11.2. The molecule has 1 unspecified atom stereocenters. The van der Waals surface area contributed by atoms with Gasteiger partial charge in [-0.05, 0) is 18.6 Å². The maximum Gasteiger partial charge on any atom is 0.293 e. The van der Waals surface area contributed by atoms with Crippen LogP contribution in [0.25, 0.3) is 0 Å². The molecule has 1 heterocycles. The third kappa shape index (κ3) is 3.44. The van der Waals surface area contributed by atoms with E-state index < -0.39 is 14.9 Å². The summed E-state index contributed by atoms with van der Waals surface area (Å²) in [6.07, 6.45) is 0.899. The molecule has 2 rings (SSSR count). The zero-order chi connectivity index (χ0) is 14.8. The third-order valence-electron chi connectivity index (χ3n) is 3.10. The molecule has 9 heteroatoms. The lowest BCUT2D eigenvalue weighted by Gasteiger charge is -2.11. The van der Waals surface area contributed by atoms with Crippen molar-refractivity contribution in [3.8, 4) is 0 Å². The number of nitrogens with one attached hydrogen (secondary N) is 1. The first-order valence-electron chi connectivity index (χ1n) is 6.01. The molecule has 1 aromatic carbocycles. The topological polar surface area (TPSA) is 125 Å². The van der Waals surface area contributed by atoms with Crippen molar-refractivity contribution >= 4 is 21.4 Å². The molecule has 1 saturated heterocycles. The summed E-state index contributed by atoms with van der Waals surface area (Å²) in [5, 5.41) is 18.9. The zero-order valence-corrected chi connectivity index (χ0v) is 11.4. The molecule has 20 heavy (non-hydrogen) atoms. The van der Waals surface area contributed by atoms with Crippen molar-refractivity contribution < 1.29 is 18.1 Å². The fourth-order valence-electron chi connectivity index (χ4n) is 1.99. The van der Waals surface area contributed by atoms with Crippen molar-refractivity contribution in [3.63, 3.8) is 0 Å². The van der Waals surface area contributed by atoms with Crippen molar-refractivity contribution in [3.05, 3.63) is 28.3 Å². The SMILES string of the molecule is NS(=O)(=O)c1ccc(NCC2CCOC2)c([N+](=O)[O-])c1. The van der Waals surface area contributed by atoms with E-state index in [0.717, 1.165) is 12.5 Å². The first-order valence-corrected chi connectivity index (χ1v) is 7.55. The van der Waals surface area contributed by atoms with Crippen molar-refractivity contribution in [1.29, 1.82) is 0 Å². The molecule has 8 nitrogen and oxygen atoms in total. The van der Waals surface area contributed by atoms with Crippen LogP contribution in [-0.4, -0.2) is 33.1 Å². The fraction of sp³-hybridized carbons (Fsp3) is 0.455. The van der Waals surface area contributed by atoms with Crippen molar-refractivity contribution in [2.45, 2.75) is 11.3 Å². The molecule has 0 aromatic heterocycles. The highest BCUT2D eigenvalue weighted by Crippen LogP contribution is 2.27. The quantitative estimate of drug-likeness (QED) is 0.609. The van der Waals surface area contributed by atoms with Crippen molar-refractivity contribution in [2.75, 3.05) is 25.1 Å². The van der Waals surface area contributed by atoms with Gasteiger partial charge in [0, 0.05) is 25.1 Å². The van der Waals surface area contributed by atoms with Gasteiger partial charge in [0.2, 0.25) is 10.0 Å². The molecule has 3 N–H and O–H groups in total. The van der Waals surface area contributed by atoms with Crippen LogP contribution in [-0.2, 0) is 14.8 Å². The Kier molecular flexibility index (Phi) is 4.21. The van der Waals surface area contributed by atoms with Gasteiger partial charge in [-0.2, -0.15) is 0 Å². The maximum atomic E-state index is 11.2. The van der Waals surface area contributed by atoms with Gasteiger partial charge in [0.05, 0.1) is 16.4 Å². The highest BCUT2D eigenvalue weighted by molar-refractivity contribution is 7.89. The monoisotopic (exact) mass is 301 g/mol. The fourth-order valence-corrected chi connectivity index (χ4v) is 2.52. The minimum absolute atomic E-state index is 0.273. The molecular weight excluding hydrogens is 286 g/mol. The predicted molar refractivity (Wildman–Crippen MR) is 71.9 cm³/mol. The number of rotatable bonds is 5. The number of hydrogen-bond acceptors (Lipinski definition) is 6. The lowest BCUT2D eigenvalue weighted by atomic mass is 10.1. The van der Waals surface area contributed by atoms with Gasteiger partial charge in [-0.15, -0.1) is 0 Å². The second-order valence-electron chi connectivity index (χ2n) is 4.59. The molecule has 1 fully saturated rings. The summed E-state index contributed by atoms with van der Waals surface area (Å²) in [5.74, 6) is 0.299. The highest BCUT2D eigenvalue weighted by Gasteiger charge is 2.21. The van der Waals surface area contributed by atoms with Gasteiger partial charge in [-0.1, -0.05) is 0 Å². The van der Waals surface area contributed by atoms with Crippen LogP contribution in [0, 0.1) is 16.0 Å². The van der Waals surface area contributed by atoms with Crippen LogP contribution in [0.5, 0.6) is 0 Å². The van der Waals surface area contributed by atoms with E-state index in [0.29, 0.717) is 25.7 Å². The molecule has 1 aliphatic heterocycles. The van der Waals surface area contributed by atoms with E-state index in [2.05, 4.69) is 5.32 Å². The average molecular weight is 301 g/mol. The largest absolute Gasteiger partial charge is 0.381 e. The van der Waals surface area contributed by atoms with Crippen molar-refractivity contribution in [1.82, 2.24) is 0 Å². The van der Waals surface area contributed by atoms with Crippen LogP contribution in [0.3, 0.4) is 0 Å². The number of ether oxygens (including phenoxy) is 1. The third-order valence-corrected chi connectivity index (χ3v) is 4.01. The number of nitro groups is 1. The summed E-state index contributed by atoms with van der Waals surface area (Å²) < 4.78 is 27.6. The van der Waals surface area contributed by atoms with Gasteiger partial charge in [0.15, 0.2) is 0 Å². The normalized spacial score (nSPS) is 18.9. The number of nitrogens with zero attached hydrogens (tertiary/aromatic N) is 1. The Morgan fingerprint density at radius 3 is 2.80 bits per heavy atom. The van der Waals surface area contributed by atoms with E-state index in [1.165, 1.54) is 12.1 Å². The standard InChI is InChI=1S/C11H15N3O5S/c12-20(17,18)9-1-2-10(11(5-9)14(15)16)13-6-8-3-4-19-7-8/h1-2,5,8,13H,3-4,6-7H2,(H2,12,17,18). The summed E-state index contributed by atoms with van der Waals surface area (Å²) in [4.78, 5) is 10.1. The summed E-state index contributed by atoms with van der Waals surface area (Å²) >= 11 is 0. The molecule has 1 atom stereocenters. The van der Waals surface area contributed by atoms with E-state index in [-0.39, 0.29) is 16.3 Å². The van der Waals surface area contributed by atoms with E-state index >= 15 is 0 Å². The van der Waals surface area contributed by atoms with Gasteiger partial charge in [0.1, 0.15) is 5.69 Å². The molecule has 0 amide bonds. The van der Waals surface area contributed by atoms with E-state index in [1.54, 1.807) is 0 Å². The van der Waals surface area contributed by atoms with Crippen LogP contribution in [0.4, 0.5) is 11.4 Å². The van der Waals surface area contributed by atoms with Gasteiger partial charge in [0.25, 0.3) is 5.69 Å². The number of nitrogens with two attached hydrogens (primary N) is 1. The second-order valence-corrected chi connectivity index (χ2v) is 6.15. The molecule has 1 aliphatic rings. The Morgan fingerprint density at radius 2 is 2.25 bits per heavy atom. The molecule has 0 saturated carbocycles. The molecule has 0 spiro atoms. The second kappa shape index (κ2) is 5.73. The number of hydrogen-bond donors (Lipinski definition) is 2. The predicted octanol–water partition coefficient (Wildman–Crippen LogP) is 0.691. The smallest absolute Gasteiger partial charge is 0.293 e. The van der Waals surface area contributed by atoms with Gasteiger partial charge < -0.3 is 10.1 Å². The van der Waals surface area contributed by atoms with Gasteiger partial charge >= 0.3 is 0 Å². The number of benzene rings is 1. The van der Waals surface area contributed by atoms with E-state index in [9.17, 15) is 18.5 Å². The van der Waals surface area contributed by atoms with E-state index in [4.69, 9.17) is 9.88 Å². The molecule has 0 radical (unpaired) electrons. The van der Waals surface area contributed by atoms with Crippen LogP contribution in [0.15, 0.2) is 23.1 Å². The summed E-state index contributed by atoms with van der Waals surface area (Å²) in [6, 6.07) is 3.56. The lowest BCUT2D eigenvalue weighted by molar-refractivity contribution is -0.384. The first kappa shape index (κ1) is 14.7. The lowest BCUT2D eigenvalue weighted by Crippen LogP contribution is -2.16. The molecule has 0 bridgehead atoms. The van der Waals surface area contributed by atoms with E-state index in [1.807, 2.05) is 0 Å². The van der Waals surface area contributed by atoms with Crippen LogP contribution in [0.2, 0.25) is 0 Å². The highest BCUT2D eigenvalue weighted by atomic mass is 32.2. The summed E-state index contributed by atoms with van der Waals surface area (Å²) in [6.45, 7) is 1.85. The Labute approximate surface area is 116 Å². The number of nitro benzene ring substituents is 1. The Balaban J connectivity index is 2.21. The number of anilines is 1. The Hall–Kier alpha value is -1.71. The Bertz CT molecular complexity index is 610. The minimum Gasteiger partial charge on any atom is -0.381 e. The first-order chi connectivity index (χ1) is 9.38. The van der Waals surface area contributed by atoms with Crippen LogP contribution < -0.4 is 10.5 Å². The van der Waals surface area contributed by atoms with Gasteiger partial charge in [-0.25, -0.2) is 13.6 Å². The average Bonchev–Trinajstić information content (AvgIpc) is 2.88.